The molecule has 1 heterocycles. The van der Waals surface area contributed by atoms with E-state index in [4.69, 9.17) is 10.5 Å². The van der Waals surface area contributed by atoms with Gasteiger partial charge in [0, 0.05) is 36.7 Å². The maximum absolute atomic E-state index is 12.1. The first-order valence-corrected chi connectivity index (χ1v) is 10.0. The summed E-state index contributed by atoms with van der Waals surface area (Å²) in [5.74, 6) is 5.46. The van der Waals surface area contributed by atoms with E-state index in [1.54, 1.807) is 0 Å². The van der Waals surface area contributed by atoms with E-state index >= 15 is 0 Å². The lowest BCUT2D eigenvalue weighted by Crippen LogP contribution is -2.26. The third-order valence-electron chi connectivity index (χ3n) is 5.19. The minimum absolute atomic E-state index is 0.00162. The van der Waals surface area contributed by atoms with Crippen molar-refractivity contribution in [1.82, 2.24) is 10.3 Å². The molecular formula is C24H20N4O4. The van der Waals surface area contributed by atoms with Crippen LogP contribution in [0.1, 0.15) is 29.0 Å². The smallest absolute Gasteiger partial charge is 0.407 e. The molecule has 160 valence electrons. The Morgan fingerprint density at radius 2 is 1.81 bits per heavy atom. The zero-order valence-corrected chi connectivity index (χ0v) is 17.1. The van der Waals surface area contributed by atoms with Crippen molar-refractivity contribution in [3.05, 3.63) is 87.6 Å². The number of nitrogen functional groups attached to an aromatic ring is 1. The van der Waals surface area contributed by atoms with Crippen molar-refractivity contribution >= 4 is 17.6 Å². The summed E-state index contributed by atoms with van der Waals surface area (Å²) in [5, 5.41) is 13.6. The van der Waals surface area contributed by atoms with Crippen LogP contribution in [0.5, 0.6) is 0 Å². The lowest BCUT2D eigenvalue weighted by molar-refractivity contribution is -0.384. The number of pyridine rings is 1. The number of ether oxygens (including phenoxy) is 1. The summed E-state index contributed by atoms with van der Waals surface area (Å²) in [4.78, 5) is 26.2. The highest BCUT2D eigenvalue weighted by molar-refractivity contribution is 5.79. The largest absolute Gasteiger partial charge is 0.449 e. The number of hydrogen-bond donors (Lipinski definition) is 2. The molecule has 0 fully saturated rings. The molecule has 0 saturated heterocycles. The Morgan fingerprint density at radius 1 is 1.16 bits per heavy atom. The van der Waals surface area contributed by atoms with Gasteiger partial charge in [0.15, 0.2) is 0 Å². The number of carbonyl (C=O) groups excluding carboxylic acids is 1. The Hall–Kier alpha value is -4.38. The Bertz CT molecular complexity index is 1200. The van der Waals surface area contributed by atoms with Gasteiger partial charge in [0.2, 0.25) is 5.82 Å². The van der Waals surface area contributed by atoms with Crippen LogP contribution in [0.3, 0.4) is 0 Å². The van der Waals surface area contributed by atoms with Crippen LogP contribution in [-0.4, -0.2) is 29.2 Å². The number of fused-ring (bicyclic) bond motifs is 3. The molecule has 32 heavy (non-hydrogen) atoms. The Labute approximate surface area is 184 Å². The zero-order valence-electron chi connectivity index (χ0n) is 17.1. The van der Waals surface area contributed by atoms with Crippen molar-refractivity contribution in [3.8, 4) is 23.0 Å². The number of alkyl carbamates (subject to hydrolysis) is 1. The summed E-state index contributed by atoms with van der Waals surface area (Å²) >= 11 is 0. The molecule has 0 unspecified atom stereocenters. The Kier molecular flexibility index (Phi) is 5.99. The molecule has 3 aromatic rings. The van der Waals surface area contributed by atoms with Crippen LogP contribution < -0.4 is 11.1 Å². The predicted octanol–water partition coefficient (Wildman–Crippen LogP) is 3.85. The number of nitrogens with zero attached hydrogens (tertiary/aromatic N) is 2. The van der Waals surface area contributed by atoms with Gasteiger partial charge in [-0.25, -0.2) is 9.78 Å². The highest BCUT2D eigenvalue weighted by Gasteiger charge is 2.28. The first kappa shape index (κ1) is 20.9. The average molecular weight is 428 g/mol. The normalized spacial score (nSPS) is 11.6. The fraction of sp³-hybridized carbons (Fsp3) is 0.167. The second-order valence-electron chi connectivity index (χ2n) is 7.19. The van der Waals surface area contributed by atoms with Crippen LogP contribution >= 0.6 is 0 Å². The SMILES string of the molecule is Nc1ncc(C#CCCNC(=O)OCC2c3ccccc3-c3ccccc32)cc1[N+](=O)[O-]. The Morgan fingerprint density at radius 3 is 2.47 bits per heavy atom. The number of nitro groups is 1. The average Bonchev–Trinajstić information content (AvgIpc) is 3.12. The first-order valence-electron chi connectivity index (χ1n) is 10.0. The molecule has 8 nitrogen and oxygen atoms in total. The van der Waals surface area contributed by atoms with Crippen LogP contribution in [0.15, 0.2) is 60.8 Å². The molecule has 0 aliphatic heterocycles. The number of rotatable bonds is 5. The van der Waals surface area contributed by atoms with Crippen molar-refractivity contribution in [2.75, 3.05) is 18.9 Å². The fourth-order valence-corrected chi connectivity index (χ4v) is 3.72. The molecule has 1 aliphatic carbocycles. The highest BCUT2D eigenvalue weighted by atomic mass is 16.6. The molecule has 0 saturated carbocycles. The highest BCUT2D eigenvalue weighted by Crippen LogP contribution is 2.44. The molecule has 0 bridgehead atoms. The summed E-state index contributed by atoms with van der Waals surface area (Å²) in [6, 6.07) is 17.5. The number of nitrogens with one attached hydrogen (secondary N) is 1. The summed E-state index contributed by atoms with van der Waals surface area (Å²) in [6.07, 6.45) is 1.20. The predicted molar refractivity (Wildman–Crippen MR) is 120 cm³/mol. The maximum atomic E-state index is 12.1. The minimum atomic E-state index is -0.605. The van der Waals surface area contributed by atoms with E-state index in [1.165, 1.54) is 23.4 Å². The monoisotopic (exact) mass is 428 g/mol. The second-order valence-corrected chi connectivity index (χ2v) is 7.19. The van der Waals surface area contributed by atoms with E-state index in [2.05, 4.69) is 46.4 Å². The van der Waals surface area contributed by atoms with Crippen LogP contribution in [-0.2, 0) is 4.74 Å². The van der Waals surface area contributed by atoms with E-state index < -0.39 is 11.0 Å². The van der Waals surface area contributed by atoms with Gasteiger partial charge in [0.1, 0.15) is 6.61 Å². The molecule has 0 radical (unpaired) electrons. The molecule has 1 aliphatic rings. The molecule has 0 atom stereocenters. The lowest BCUT2D eigenvalue weighted by atomic mass is 9.98. The van der Waals surface area contributed by atoms with Crippen LogP contribution in [0.25, 0.3) is 11.1 Å². The van der Waals surface area contributed by atoms with Gasteiger partial charge in [-0.15, -0.1) is 0 Å². The van der Waals surface area contributed by atoms with Crippen molar-refractivity contribution in [2.24, 2.45) is 0 Å². The summed E-state index contributed by atoms with van der Waals surface area (Å²) in [7, 11) is 0. The minimum Gasteiger partial charge on any atom is -0.449 e. The van der Waals surface area contributed by atoms with Crippen molar-refractivity contribution in [3.63, 3.8) is 0 Å². The van der Waals surface area contributed by atoms with E-state index in [9.17, 15) is 14.9 Å². The van der Waals surface area contributed by atoms with E-state index in [1.807, 2.05) is 24.3 Å². The van der Waals surface area contributed by atoms with Crippen LogP contribution in [0, 0.1) is 22.0 Å². The molecule has 1 amide bonds. The van der Waals surface area contributed by atoms with Gasteiger partial charge >= 0.3 is 11.8 Å². The number of hydrogen-bond acceptors (Lipinski definition) is 6. The number of amides is 1. The van der Waals surface area contributed by atoms with Gasteiger partial charge in [-0.3, -0.25) is 10.1 Å². The molecule has 3 N–H and O–H groups in total. The quantitative estimate of drug-likeness (QED) is 0.276. The molecular weight excluding hydrogens is 408 g/mol. The van der Waals surface area contributed by atoms with Gasteiger partial charge in [0.25, 0.3) is 0 Å². The van der Waals surface area contributed by atoms with Crippen LogP contribution in [0.2, 0.25) is 0 Å². The van der Waals surface area contributed by atoms with Crippen molar-refractivity contribution < 1.29 is 14.5 Å². The molecule has 1 aromatic heterocycles. The third kappa shape index (κ3) is 4.37. The van der Waals surface area contributed by atoms with Crippen molar-refractivity contribution in [2.45, 2.75) is 12.3 Å². The molecule has 4 rings (SSSR count). The number of anilines is 1. The lowest BCUT2D eigenvalue weighted by Gasteiger charge is -2.14. The van der Waals surface area contributed by atoms with Gasteiger partial charge in [-0.1, -0.05) is 60.4 Å². The van der Waals surface area contributed by atoms with Gasteiger partial charge in [-0.05, 0) is 22.3 Å². The Balaban J connectivity index is 1.29. The number of aromatic nitrogens is 1. The standard InChI is InChI=1S/C24H20N4O4/c25-23-22(28(30)31)13-16(14-27-23)7-5-6-12-26-24(29)32-15-21-19-10-3-1-8-17(19)18-9-2-4-11-20(18)21/h1-4,8-11,13-14,21H,6,12,15H2,(H2,25,27)(H,26,29). The maximum Gasteiger partial charge on any atom is 0.407 e. The summed E-state index contributed by atoms with van der Waals surface area (Å²) in [5.41, 5.74) is 10.2. The van der Waals surface area contributed by atoms with Gasteiger partial charge in [-0.2, -0.15) is 0 Å². The van der Waals surface area contributed by atoms with Gasteiger partial charge in [0.05, 0.1) is 4.92 Å². The second kappa shape index (κ2) is 9.18. The van der Waals surface area contributed by atoms with E-state index in [0.29, 0.717) is 12.0 Å². The first-order chi connectivity index (χ1) is 15.5. The van der Waals surface area contributed by atoms with Crippen molar-refractivity contribution in [1.29, 1.82) is 0 Å². The van der Waals surface area contributed by atoms with E-state index in [-0.39, 0.29) is 30.6 Å². The molecule has 8 heteroatoms. The summed E-state index contributed by atoms with van der Waals surface area (Å²) < 4.78 is 5.46. The molecule has 0 spiro atoms. The topological polar surface area (TPSA) is 120 Å². The van der Waals surface area contributed by atoms with Crippen LogP contribution in [0.4, 0.5) is 16.3 Å². The fourth-order valence-electron chi connectivity index (χ4n) is 3.72. The third-order valence-corrected chi connectivity index (χ3v) is 5.19. The zero-order chi connectivity index (χ0) is 22.5. The number of carbonyl (C=O) groups is 1. The van der Waals surface area contributed by atoms with E-state index in [0.717, 1.165) is 11.1 Å². The molecule has 2 aromatic carbocycles. The summed E-state index contributed by atoms with van der Waals surface area (Å²) in [6.45, 7) is 0.528. The number of benzene rings is 2. The van der Waals surface area contributed by atoms with Gasteiger partial charge < -0.3 is 15.8 Å². The number of nitrogens with two attached hydrogens (primary N) is 1.